The van der Waals surface area contributed by atoms with E-state index in [1.54, 1.807) is 24.3 Å². The van der Waals surface area contributed by atoms with Gasteiger partial charge in [-0.25, -0.2) is 0 Å². The van der Waals surface area contributed by atoms with Crippen molar-refractivity contribution >= 4 is 17.3 Å². The number of nitrogens with one attached hydrogen (secondary N) is 1. The van der Waals surface area contributed by atoms with Crippen LogP contribution in [0.4, 0.5) is 5.69 Å². The zero-order valence-electron chi connectivity index (χ0n) is 7.87. The lowest BCUT2D eigenvalue weighted by atomic mass is 10.1. The summed E-state index contributed by atoms with van der Waals surface area (Å²) < 4.78 is 0. The van der Waals surface area contributed by atoms with Crippen LogP contribution in [-0.2, 0) is 0 Å². The number of rotatable bonds is 3. The molecule has 0 atom stereocenters. The topological polar surface area (TPSA) is 59.6 Å². The van der Waals surface area contributed by atoms with Gasteiger partial charge in [0.05, 0.1) is 11.1 Å². The summed E-state index contributed by atoms with van der Waals surface area (Å²) in [4.78, 5) is 0. The Bertz CT molecular complexity index is 452. The van der Waals surface area contributed by atoms with Gasteiger partial charge in [0.2, 0.25) is 0 Å². The van der Waals surface area contributed by atoms with Crippen LogP contribution < -0.4 is 5.32 Å². The molecule has 0 unspecified atom stereocenters. The van der Waals surface area contributed by atoms with Gasteiger partial charge in [0.25, 0.3) is 0 Å². The van der Waals surface area contributed by atoms with Crippen molar-refractivity contribution in [1.82, 2.24) is 0 Å². The van der Waals surface area contributed by atoms with E-state index in [-0.39, 0.29) is 0 Å². The Morgan fingerprint density at radius 3 is 2.60 bits per heavy atom. The predicted octanol–water partition coefficient (Wildman–Crippen LogP) is 2.59. The Balaban J connectivity index is 2.86. The molecule has 0 saturated heterocycles. The summed E-state index contributed by atoms with van der Waals surface area (Å²) in [6.07, 6.45) is 1.74. The van der Waals surface area contributed by atoms with Crippen LogP contribution in [0.15, 0.2) is 29.8 Å². The molecular formula is C11H8ClN3. The van der Waals surface area contributed by atoms with E-state index in [1.807, 2.05) is 12.1 Å². The van der Waals surface area contributed by atoms with Gasteiger partial charge < -0.3 is 5.32 Å². The van der Waals surface area contributed by atoms with Crippen molar-refractivity contribution in [2.24, 2.45) is 0 Å². The fourth-order valence-corrected chi connectivity index (χ4v) is 1.15. The smallest absolute Gasteiger partial charge is 0.101 e. The summed E-state index contributed by atoms with van der Waals surface area (Å²) in [5.41, 5.74) is 2.97. The lowest BCUT2D eigenvalue weighted by molar-refractivity contribution is 1.33. The maximum atomic E-state index is 8.78. The Kier molecular flexibility index (Phi) is 4.22. The number of nitriles is 2. The number of benzene rings is 1. The molecule has 4 heteroatoms. The lowest BCUT2D eigenvalue weighted by Crippen LogP contribution is -1.98. The SMILES string of the molecule is N#Cc1ccc(NC/C=C/Cl)cc1C#N. The van der Waals surface area contributed by atoms with E-state index in [0.29, 0.717) is 17.7 Å². The molecule has 0 aliphatic carbocycles. The zero-order valence-corrected chi connectivity index (χ0v) is 8.62. The van der Waals surface area contributed by atoms with Gasteiger partial charge >= 0.3 is 0 Å². The first-order chi connectivity index (χ1) is 7.31. The monoisotopic (exact) mass is 217 g/mol. The van der Waals surface area contributed by atoms with Crippen molar-refractivity contribution in [3.8, 4) is 12.1 Å². The molecular weight excluding hydrogens is 210 g/mol. The summed E-state index contributed by atoms with van der Waals surface area (Å²) >= 11 is 5.36. The van der Waals surface area contributed by atoms with Crippen molar-refractivity contribution in [2.75, 3.05) is 11.9 Å². The molecule has 0 aromatic heterocycles. The minimum atomic E-state index is 0.373. The Hall–Kier alpha value is -1.97. The molecule has 0 amide bonds. The number of hydrogen-bond donors (Lipinski definition) is 1. The molecule has 0 fully saturated rings. The van der Waals surface area contributed by atoms with Crippen LogP contribution in [0.3, 0.4) is 0 Å². The molecule has 74 valence electrons. The highest BCUT2D eigenvalue weighted by Crippen LogP contribution is 2.14. The van der Waals surface area contributed by atoms with E-state index in [4.69, 9.17) is 22.1 Å². The third-order valence-corrected chi connectivity index (χ3v) is 1.95. The van der Waals surface area contributed by atoms with Crippen LogP contribution in [0.2, 0.25) is 0 Å². The first kappa shape index (κ1) is 11.1. The molecule has 0 bridgehead atoms. The molecule has 1 rings (SSSR count). The summed E-state index contributed by atoms with van der Waals surface area (Å²) in [7, 11) is 0. The minimum Gasteiger partial charge on any atom is -0.381 e. The summed E-state index contributed by atoms with van der Waals surface area (Å²) in [5, 5.41) is 20.5. The fraction of sp³-hybridized carbons (Fsp3) is 0.0909. The highest BCUT2D eigenvalue weighted by Gasteiger charge is 2.01. The summed E-state index contributed by atoms with van der Waals surface area (Å²) in [6, 6.07) is 8.93. The molecule has 0 saturated carbocycles. The van der Waals surface area contributed by atoms with E-state index < -0.39 is 0 Å². The van der Waals surface area contributed by atoms with Crippen LogP contribution in [0.5, 0.6) is 0 Å². The summed E-state index contributed by atoms with van der Waals surface area (Å²) in [6.45, 7) is 0.584. The lowest BCUT2D eigenvalue weighted by Gasteiger charge is -2.03. The fourth-order valence-electron chi connectivity index (χ4n) is 1.07. The average Bonchev–Trinajstić information content (AvgIpc) is 2.29. The largest absolute Gasteiger partial charge is 0.381 e. The van der Waals surface area contributed by atoms with Gasteiger partial charge in [0.15, 0.2) is 0 Å². The molecule has 0 radical (unpaired) electrons. The van der Waals surface area contributed by atoms with Crippen LogP contribution in [0.25, 0.3) is 0 Å². The second kappa shape index (κ2) is 5.70. The van der Waals surface area contributed by atoms with Gasteiger partial charge in [0, 0.05) is 17.8 Å². The van der Waals surface area contributed by atoms with Crippen LogP contribution >= 0.6 is 11.6 Å². The van der Waals surface area contributed by atoms with Crippen LogP contribution in [0.1, 0.15) is 11.1 Å². The standard InChI is InChI=1S/C11H8ClN3/c12-4-1-5-15-11-3-2-9(7-13)10(6-11)8-14/h1-4,6,15H,5H2/b4-1+. The maximum Gasteiger partial charge on any atom is 0.101 e. The molecule has 0 aliphatic heterocycles. The average molecular weight is 218 g/mol. The van der Waals surface area contributed by atoms with Crippen molar-refractivity contribution in [2.45, 2.75) is 0 Å². The highest BCUT2D eigenvalue weighted by atomic mass is 35.5. The first-order valence-electron chi connectivity index (χ1n) is 4.25. The Morgan fingerprint density at radius 2 is 2.00 bits per heavy atom. The minimum absolute atomic E-state index is 0.373. The van der Waals surface area contributed by atoms with Gasteiger partial charge in [0.1, 0.15) is 12.1 Å². The molecule has 0 aliphatic rings. The maximum absolute atomic E-state index is 8.78. The Morgan fingerprint density at radius 1 is 1.27 bits per heavy atom. The molecule has 3 nitrogen and oxygen atoms in total. The third kappa shape index (κ3) is 3.02. The van der Waals surface area contributed by atoms with Crippen LogP contribution in [-0.4, -0.2) is 6.54 Å². The number of hydrogen-bond acceptors (Lipinski definition) is 3. The van der Waals surface area contributed by atoms with Gasteiger partial charge in [-0.1, -0.05) is 17.7 Å². The van der Waals surface area contributed by atoms with Gasteiger partial charge in [-0.3, -0.25) is 0 Å². The molecule has 1 aromatic carbocycles. The van der Waals surface area contributed by atoms with E-state index in [1.165, 1.54) is 5.54 Å². The van der Waals surface area contributed by atoms with Gasteiger partial charge in [-0.2, -0.15) is 10.5 Å². The highest BCUT2D eigenvalue weighted by molar-refractivity contribution is 6.25. The van der Waals surface area contributed by atoms with E-state index in [2.05, 4.69) is 5.32 Å². The molecule has 0 spiro atoms. The number of anilines is 1. The third-order valence-electron chi connectivity index (χ3n) is 1.77. The normalized spacial score (nSPS) is 9.53. The molecule has 1 N–H and O–H groups in total. The van der Waals surface area contributed by atoms with Gasteiger partial charge in [-0.05, 0) is 18.2 Å². The second-order valence-corrected chi connectivity index (χ2v) is 2.98. The van der Waals surface area contributed by atoms with E-state index in [0.717, 1.165) is 5.69 Å². The predicted molar refractivity (Wildman–Crippen MR) is 59.4 cm³/mol. The molecule has 15 heavy (non-hydrogen) atoms. The quantitative estimate of drug-likeness (QED) is 0.847. The van der Waals surface area contributed by atoms with Crippen molar-refractivity contribution < 1.29 is 0 Å². The van der Waals surface area contributed by atoms with Crippen molar-refractivity contribution in [1.29, 1.82) is 10.5 Å². The Labute approximate surface area is 93.2 Å². The molecule has 0 heterocycles. The van der Waals surface area contributed by atoms with E-state index >= 15 is 0 Å². The first-order valence-corrected chi connectivity index (χ1v) is 4.69. The second-order valence-electron chi connectivity index (χ2n) is 2.73. The number of nitrogens with zero attached hydrogens (tertiary/aromatic N) is 2. The summed E-state index contributed by atoms with van der Waals surface area (Å²) in [5.74, 6) is 0. The van der Waals surface area contributed by atoms with Crippen LogP contribution in [0, 0.1) is 22.7 Å². The van der Waals surface area contributed by atoms with Crippen molar-refractivity contribution in [3.63, 3.8) is 0 Å². The zero-order chi connectivity index (χ0) is 11.1. The van der Waals surface area contributed by atoms with E-state index in [9.17, 15) is 0 Å². The molecule has 1 aromatic rings. The number of halogens is 1. The van der Waals surface area contributed by atoms with Gasteiger partial charge in [-0.15, -0.1) is 0 Å². The van der Waals surface area contributed by atoms with Crippen molar-refractivity contribution in [3.05, 3.63) is 40.9 Å².